The van der Waals surface area contributed by atoms with E-state index in [1.54, 1.807) is 0 Å². The molecule has 14 heavy (non-hydrogen) atoms. The highest BCUT2D eigenvalue weighted by Crippen LogP contribution is 2.42. The van der Waals surface area contributed by atoms with Gasteiger partial charge < -0.3 is 5.32 Å². The first-order valence-corrected chi connectivity index (χ1v) is 6.09. The normalized spacial score (nSPS) is 31.5. The molecular formula is C12H24N2. The first-order valence-electron chi connectivity index (χ1n) is 6.09. The highest BCUT2D eigenvalue weighted by Gasteiger charge is 2.42. The van der Waals surface area contributed by atoms with Gasteiger partial charge in [0.2, 0.25) is 0 Å². The monoisotopic (exact) mass is 196 g/mol. The van der Waals surface area contributed by atoms with Crippen molar-refractivity contribution in [3.63, 3.8) is 0 Å². The van der Waals surface area contributed by atoms with Crippen LogP contribution in [-0.4, -0.2) is 36.1 Å². The molecule has 2 fully saturated rings. The van der Waals surface area contributed by atoms with Crippen molar-refractivity contribution in [3.8, 4) is 0 Å². The Hall–Kier alpha value is -0.0800. The van der Waals surface area contributed by atoms with Gasteiger partial charge in [-0.2, -0.15) is 0 Å². The Balaban J connectivity index is 1.99. The first-order chi connectivity index (χ1) is 6.60. The van der Waals surface area contributed by atoms with Crippen LogP contribution < -0.4 is 5.32 Å². The second-order valence-corrected chi connectivity index (χ2v) is 5.58. The number of nitrogens with zero attached hydrogens (tertiary/aromatic N) is 1. The van der Waals surface area contributed by atoms with Gasteiger partial charge in [-0.15, -0.1) is 0 Å². The van der Waals surface area contributed by atoms with E-state index in [0.29, 0.717) is 11.6 Å². The lowest BCUT2D eigenvalue weighted by atomic mass is 9.95. The fourth-order valence-electron chi connectivity index (χ4n) is 2.68. The molecule has 0 radical (unpaired) electrons. The van der Waals surface area contributed by atoms with Gasteiger partial charge in [0.15, 0.2) is 0 Å². The predicted molar refractivity (Wildman–Crippen MR) is 60.5 cm³/mol. The molecule has 1 atom stereocenters. The topological polar surface area (TPSA) is 15.3 Å². The fraction of sp³-hybridized carbons (Fsp3) is 1.00. The molecule has 1 N–H and O–H groups in total. The van der Waals surface area contributed by atoms with Crippen LogP contribution in [-0.2, 0) is 0 Å². The van der Waals surface area contributed by atoms with Crippen molar-refractivity contribution in [3.05, 3.63) is 0 Å². The zero-order valence-corrected chi connectivity index (χ0v) is 9.84. The molecule has 2 aliphatic rings. The third-order valence-electron chi connectivity index (χ3n) is 3.98. The second-order valence-electron chi connectivity index (χ2n) is 5.58. The third kappa shape index (κ3) is 2.12. The van der Waals surface area contributed by atoms with Crippen LogP contribution in [0.1, 0.15) is 40.0 Å². The minimum absolute atomic E-state index is 0.445. The van der Waals surface area contributed by atoms with Gasteiger partial charge in [-0.05, 0) is 59.0 Å². The Kier molecular flexibility index (Phi) is 2.85. The zero-order chi connectivity index (χ0) is 10.2. The number of hydrogen-bond acceptors (Lipinski definition) is 2. The Bertz CT molecular complexity index is 196. The highest BCUT2D eigenvalue weighted by molar-refractivity contribution is 4.97. The number of rotatable bonds is 2. The van der Waals surface area contributed by atoms with Crippen LogP contribution in [0.5, 0.6) is 0 Å². The average Bonchev–Trinajstić information content (AvgIpc) is 2.89. The largest absolute Gasteiger partial charge is 0.313 e. The smallest absolute Gasteiger partial charge is 0.0182 e. The first kappa shape index (κ1) is 10.4. The molecule has 2 rings (SSSR count). The van der Waals surface area contributed by atoms with E-state index in [1.165, 1.54) is 38.9 Å². The van der Waals surface area contributed by atoms with Crippen molar-refractivity contribution in [2.75, 3.05) is 19.6 Å². The molecule has 0 spiro atoms. The lowest BCUT2D eigenvalue weighted by Gasteiger charge is -2.39. The quantitative estimate of drug-likeness (QED) is 0.725. The maximum absolute atomic E-state index is 3.56. The van der Waals surface area contributed by atoms with Crippen molar-refractivity contribution in [2.45, 2.75) is 51.6 Å². The van der Waals surface area contributed by atoms with Gasteiger partial charge >= 0.3 is 0 Å². The van der Waals surface area contributed by atoms with Gasteiger partial charge in [0.1, 0.15) is 0 Å². The van der Waals surface area contributed by atoms with Crippen molar-refractivity contribution in [2.24, 2.45) is 5.92 Å². The molecule has 1 saturated heterocycles. The molecule has 0 amide bonds. The zero-order valence-electron chi connectivity index (χ0n) is 9.84. The van der Waals surface area contributed by atoms with E-state index in [9.17, 15) is 0 Å². The maximum atomic E-state index is 3.56. The molecule has 0 aromatic carbocycles. The van der Waals surface area contributed by atoms with Crippen LogP contribution >= 0.6 is 0 Å². The Morgan fingerprint density at radius 1 is 1.29 bits per heavy atom. The van der Waals surface area contributed by atoms with Crippen LogP contribution in [0.2, 0.25) is 0 Å². The molecule has 2 nitrogen and oxygen atoms in total. The number of nitrogens with one attached hydrogen (secondary N) is 1. The van der Waals surface area contributed by atoms with Gasteiger partial charge in [-0.25, -0.2) is 0 Å². The van der Waals surface area contributed by atoms with Crippen LogP contribution in [0, 0.1) is 5.92 Å². The summed E-state index contributed by atoms with van der Waals surface area (Å²) in [5.41, 5.74) is 0.445. The molecule has 1 aliphatic heterocycles. The van der Waals surface area contributed by atoms with Crippen LogP contribution in [0.4, 0.5) is 0 Å². The summed E-state index contributed by atoms with van der Waals surface area (Å²) in [5, 5.41) is 3.56. The lowest BCUT2D eigenvalue weighted by molar-refractivity contribution is 0.0986. The van der Waals surface area contributed by atoms with Crippen molar-refractivity contribution in [1.82, 2.24) is 10.2 Å². The maximum Gasteiger partial charge on any atom is 0.0182 e. The summed E-state index contributed by atoms with van der Waals surface area (Å²) in [6.45, 7) is 10.9. The van der Waals surface area contributed by atoms with Crippen molar-refractivity contribution >= 4 is 0 Å². The van der Waals surface area contributed by atoms with E-state index in [4.69, 9.17) is 0 Å². The summed E-state index contributed by atoms with van der Waals surface area (Å²) in [6, 6.07) is 0.663. The Labute approximate surface area is 88.1 Å². The molecule has 1 heterocycles. The summed E-state index contributed by atoms with van der Waals surface area (Å²) in [4.78, 5) is 2.70. The Morgan fingerprint density at radius 2 is 2.00 bits per heavy atom. The van der Waals surface area contributed by atoms with E-state index in [0.717, 1.165) is 5.92 Å². The summed E-state index contributed by atoms with van der Waals surface area (Å²) in [7, 11) is 0. The van der Waals surface area contributed by atoms with Gasteiger partial charge in [0.05, 0.1) is 0 Å². The minimum atomic E-state index is 0.445. The van der Waals surface area contributed by atoms with E-state index in [2.05, 4.69) is 31.0 Å². The van der Waals surface area contributed by atoms with E-state index < -0.39 is 0 Å². The molecule has 0 aromatic rings. The van der Waals surface area contributed by atoms with Gasteiger partial charge in [-0.1, -0.05) is 0 Å². The number of hydrogen-bond donors (Lipinski definition) is 1. The standard InChI is InChI=1S/C12H24N2/c1-10-9-14(8-4-7-13-10)12(2,3)11-5-6-11/h10-11,13H,4-9H2,1-3H3. The van der Waals surface area contributed by atoms with Crippen LogP contribution in [0.15, 0.2) is 0 Å². The fourth-order valence-corrected chi connectivity index (χ4v) is 2.68. The molecular weight excluding hydrogens is 172 g/mol. The van der Waals surface area contributed by atoms with Crippen LogP contribution in [0.3, 0.4) is 0 Å². The SMILES string of the molecule is CC1CN(C(C)(C)C2CC2)CCCN1. The van der Waals surface area contributed by atoms with Crippen LogP contribution in [0.25, 0.3) is 0 Å². The summed E-state index contributed by atoms with van der Waals surface area (Å²) < 4.78 is 0. The van der Waals surface area contributed by atoms with Gasteiger partial charge in [-0.3, -0.25) is 4.90 Å². The second kappa shape index (κ2) is 3.82. The third-order valence-corrected chi connectivity index (χ3v) is 3.98. The molecule has 1 aliphatic carbocycles. The average molecular weight is 196 g/mol. The van der Waals surface area contributed by atoms with Crippen molar-refractivity contribution in [1.29, 1.82) is 0 Å². The summed E-state index contributed by atoms with van der Waals surface area (Å²) in [6.07, 6.45) is 4.21. The van der Waals surface area contributed by atoms with Crippen molar-refractivity contribution < 1.29 is 0 Å². The molecule has 0 aromatic heterocycles. The summed E-state index contributed by atoms with van der Waals surface area (Å²) >= 11 is 0. The van der Waals surface area contributed by atoms with E-state index in [1.807, 2.05) is 0 Å². The molecule has 0 bridgehead atoms. The minimum Gasteiger partial charge on any atom is -0.313 e. The van der Waals surface area contributed by atoms with E-state index in [-0.39, 0.29) is 0 Å². The predicted octanol–water partition coefficient (Wildman–Crippen LogP) is 1.86. The molecule has 1 saturated carbocycles. The van der Waals surface area contributed by atoms with Gasteiger partial charge in [0.25, 0.3) is 0 Å². The molecule has 1 unspecified atom stereocenters. The summed E-state index contributed by atoms with van der Waals surface area (Å²) in [5.74, 6) is 0.966. The lowest BCUT2D eigenvalue weighted by Crippen LogP contribution is -2.49. The van der Waals surface area contributed by atoms with E-state index >= 15 is 0 Å². The highest BCUT2D eigenvalue weighted by atomic mass is 15.2. The Morgan fingerprint density at radius 3 is 2.64 bits per heavy atom. The van der Waals surface area contributed by atoms with Gasteiger partial charge in [0, 0.05) is 18.1 Å². The molecule has 82 valence electrons. The molecule has 2 heteroatoms.